The van der Waals surface area contributed by atoms with Crippen LogP contribution in [-0.4, -0.2) is 30.8 Å². The van der Waals surface area contributed by atoms with Gasteiger partial charge in [0.25, 0.3) is 5.91 Å². The summed E-state index contributed by atoms with van der Waals surface area (Å²) in [5, 5.41) is 4.06. The van der Waals surface area contributed by atoms with Crippen LogP contribution in [0.25, 0.3) is 6.08 Å². The smallest absolute Gasteiger partial charge is 0.264 e. The molecule has 1 aliphatic heterocycles. The van der Waals surface area contributed by atoms with Crippen molar-refractivity contribution in [1.29, 1.82) is 0 Å². The molecule has 192 valence electrons. The first-order chi connectivity index (χ1) is 18.0. The number of benzene rings is 3. The number of anilines is 1. The minimum atomic E-state index is -0.180. The van der Waals surface area contributed by atoms with Gasteiger partial charge in [-0.3, -0.25) is 4.79 Å². The van der Waals surface area contributed by atoms with Gasteiger partial charge in [0.15, 0.2) is 16.7 Å². The molecule has 0 unspecified atom stereocenters. The summed E-state index contributed by atoms with van der Waals surface area (Å²) in [6.07, 6.45) is 1.83. The van der Waals surface area contributed by atoms with Crippen LogP contribution < -0.4 is 19.7 Å². The van der Waals surface area contributed by atoms with Gasteiger partial charge in [0.1, 0.15) is 6.61 Å². The summed E-state index contributed by atoms with van der Waals surface area (Å²) in [4.78, 5) is 20.1. The molecule has 0 bridgehead atoms. The number of halogens is 1. The maximum absolute atomic E-state index is 12.6. The Bertz CT molecular complexity index is 1300. The quantitative estimate of drug-likeness (QED) is 0.282. The molecule has 1 fully saturated rings. The summed E-state index contributed by atoms with van der Waals surface area (Å²) in [5.74, 6) is 1.04. The van der Waals surface area contributed by atoms with Crippen molar-refractivity contribution in [3.63, 3.8) is 0 Å². The molecule has 4 rings (SSSR count). The van der Waals surface area contributed by atoms with Crippen LogP contribution >= 0.6 is 23.4 Å². The fraction of sp³-hybridized carbons (Fsp3) is 0.241. The van der Waals surface area contributed by atoms with Crippen LogP contribution in [0.5, 0.6) is 11.5 Å². The molecular formula is C29H30ClN3O3S. The van der Waals surface area contributed by atoms with Crippen LogP contribution in [0, 0.1) is 0 Å². The van der Waals surface area contributed by atoms with Gasteiger partial charge >= 0.3 is 0 Å². The first-order valence-electron chi connectivity index (χ1n) is 12.3. The average Bonchev–Trinajstić information content (AvgIpc) is 3.24. The third kappa shape index (κ3) is 6.87. The number of nitrogens with one attached hydrogen (secondary N) is 1. The van der Waals surface area contributed by atoms with Gasteiger partial charge in [-0.05, 0) is 86.6 Å². The fourth-order valence-electron chi connectivity index (χ4n) is 3.85. The number of nitrogens with zero attached hydrogens (tertiary/aromatic N) is 2. The first kappa shape index (κ1) is 26.6. The summed E-state index contributed by atoms with van der Waals surface area (Å²) >= 11 is 7.56. The van der Waals surface area contributed by atoms with Gasteiger partial charge in [0.2, 0.25) is 0 Å². The van der Waals surface area contributed by atoms with E-state index >= 15 is 0 Å². The second-order valence-corrected chi connectivity index (χ2v) is 9.63. The number of thioether (sulfide) groups is 1. The van der Waals surface area contributed by atoms with E-state index in [9.17, 15) is 4.79 Å². The normalized spacial score (nSPS) is 15.2. The maximum Gasteiger partial charge on any atom is 0.264 e. The van der Waals surface area contributed by atoms with E-state index in [-0.39, 0.29) is 5.91 Å². The predicted molar refractivity (Wildman–Crippen MR) is 154 cm³/mol. The van der Waals surface area contributed by atoms with Crippen LogP contribution in [0.3, 0.4) is 0 Å². The Labute approximate surface area is 227 Å². The van der Waals surface area contributed by atoms with Gasteiger partial charge in [0.05, 0.1) is 17.2 Å². The SMILES string of the molecule is CCOc1cc(/C=C2\SC(=Nc3ccc(N(CC)CC)cc3)NC2=O)ccc1OCc1ccccc1Cl. The van der Waals surface area contributed by atoms with Gasteiger partial charge in [0, 0.05) is 29.4 Å². The molecule has 1 N–H and O–H groups in total. The zero-order chi connectivity index (χ0) is 26.2. The van der Waals surface area contributed by atoms with Crippen molar-refractivity contribution in [3.05, 3.63) is 87.8 Å². The highest BCUT2D eigenvalue weighted by Crippen LogP contribution is 2.33. The molecule has 0 radical (unpaired) electrons. The van der Waals surface area contributed by atoms with Crippen LogP contribution in [0.1, 0.15) is 31.9 Å². The summed E-state index contributed by atoms with van der Waals surface area (Å²) in [5.41, 5.74) is 3.67. The van der Waals surface area contributed by atoms with Gasteiger partial charge < -0.3 is 19.7 Å². The Kier molecular flexibility index (Phi) is 9.14. The van der Waals surface area contributed by atoms with E-state index in [0.29, 0.717) is 39.8 Å². The maximum atomic E-state index is 12.6. The van der Waals surface area contributed by atoms with Gasteiger partial charge in [-0.25, -0.2) is 4.99 Å². The molecule has 3 aromatic rings. The minimum Gasteiger partial charge on any atom is -0.490 e. The van der Waals surface area contributed by atoms with E-state index < -0.39 is 0 Å². The Hall–Kier alpha value is -3.42. The predicted octanol–water partition coefficient (Wildman–Crippen LogP) is 7.06. The molecule has 1 aliphatic rings. The number of rotatable bonds is 10. The van der Waals surface area contributed by atoms with Crippen LogP contribution in [0.15, 0.2) is 76.6 Å². The van der Waals surface area contributed by atoms with Crippen LogP contribution in [-0.2, 0) is 11.4 Å². The molecule has 1 heterocycles. The van der Waals surface area contributed by atoms with E-state index in [1.54, 1.807) is 0 Å². The number of ether oxygens (including phenoxy) is 2. The number of hydrogen-bond donors (Lipinski definition) is 1. The Morgan fingerprint density at radius 2 is 1.73 bits per heavy atom. The topological polar surface area (TPSA) is 63.2 Å². The second kappa shape index (κ2) is 12.7. The molecule has 0 atom stereocenters. The van der Waals surface area contributed by atoms with Gasteiger partial charge in [-0.2, -0.15) is 0 Å². The Morgan fingerprint density at radius 3 is 2.43 bits per heavy atom. The van der Waals surface area contributed by atoms with Gasteiger partial charge in [-0.15, -0.1) is 0 Å². The number of carbonyl (C=O) groups excluding carboxylic acids is 1. The highest BCUT2D eigenvalue weighted by Gasteiger charge is 2.24. The molecule has 8 heteroatoms. The van der Waals surface area contributed by atoms with Crippen molar-refractivity contribution < 1.29 is 14.3 Å². The summed E-state index contributed by atoms with van der Waals surface area (Å²) in [6.45, 7) is 8.90. The Balaban J connectivity index is 1.48. The van der Waals surface area contributed by atoms with E-state index in [0.717, 1.165) is 35.6 Å². The summed E-state index contributed by atoms with van der Waals surface area (Å²) < 4.78 is 11.8. The van der Waals surface area contributed by atoms with E-state index in [1.165, 1.54) is 11.8 Å². The second-order valence-electron chi connectivity index (χ2n) is 8.19. The molecule has 0 spiro atoms. The molecule has 0 aliphatic carbocycles. The molecule has 3 aromatic carbocycles. The summed E-state index contributed by atoms with van der Waals surface area (Å²) in [6, 6.07) is 21.2. The fourth-order valence-corrected chi connectivity index (χ4v) is 4.88. The molecule has 1 saturated heterocycles. The largest absolute Gasteiger partial charge is 0.490 e. The lowest BCUT2D eigenvalue weighted by molar-refractivity contribution is -0.115. The highest BCUT2D eigenvalue weighted by atomic mass is 35.5. The van der Waals surface area contributed by atoms with E-state index in [1.807, 2.05) is 67.6 Å². The zero-order valence-electron chi connectivity index (χ0n) is 21.2. The van der Waals surface area contributed by atoms with E-state index in [4.69, 9.17) is 21.1 Å². The van der Waals surface area contributed by atoms with Crippen molar-refractivity contribution >= 4 is 51.9 Å². The molecule has 0 saturated carbocycles. The molecular weight excluding hydrogens is 506 g/mol. The number of hydrogen-bond acceptors (Lipinski definition) is 6. The van der Waals surface area contributed by atoms with Gasteiger partial charge in [-0.1, -0.05) is 35.9 Å². The lowest BCUT2D eigenvalue weighted by atomic mass is 10.2. The molecule has 0 aromatic heterocycles. The molecule has 6 nitrogen and oxygen atoms in total. The Morgan fingerprint density at radius 1 is 0.973 bits per heavy atom. The van der Waals surface area contributed by atoms with Crippen LogP contribution in [0.2, 0.25) is 5.02 Å². The summed E-state index contributed by atoms with van der Waals surface area (Å²) in [7, 11) is 0. The number of carbonyl (C=O) groups is 1. The van der Waals surface area contributed by atoms with Crippen LogP contribution in [0.4, 0.5) is 11.4 Å². The average molecular weight is 536 g/mol. The van der Waals surface area contributed by atoms with Crippen molar-refractivity contribution in [1.82, 2.24) is 5.32 Å². The standard InChI is InChI=1S/C29H30ClN3O3S/c1-4-33(5-2)23-14-12-22(13-15-23)31-29-32-28(34)27(37-29)18-20-11-16-25(26(17-20)35-6-3)36-19-21-9-7-8-10-24(21)30/h7-18H,4-6,19H2,1-3H3,(H,31,32,34)/b27-18-. The number of amides is 1. The molecule has 1 amide bonds. The number of aliphatic imine (C=N–C) groups is 1. The van der Waals surface area contributed by atoms with Crippen molar-refractivity contribution in [3.8, 4) is 11.5 Å². The zero-order valence-corrected chi connectivity index (χ0v) is 22.7. The number of amidine groups is 1. The lowest BCUT2D eigenvalue weighted by Crippen LogP contribution is -2.21. The van der Waals surface area contributed by atoms with Crippen molar-refractivity contribution in [2.24, 2.45) is 4.99 Å². The third-order valence-corrected chi connectivity index (χ3v) is 7.04. The lowest BCUT2D eigenvalue weighted by Gasteiger charge is -2.20. The first-order valence-corrected chi connectivity index (χ1v) is 13.5. The minimum absolute atomic E-state index is 0.180. The monoisotopic (exact) mass is 535 g/mol. The van der Waals surface area contributed by atoms with Crippen molar-refractivity contribution in [2.45, 2.75) is 27.4 Å². The third-order valence-electron chi connectivity index (χ3n) is 5.77. The van der Waals surface area contributed by atoms with E-state index in [2.05, 4.69) is 41.2 Å². The highest BCUT2D eigenvalue weighted by molar-refractivity contribution is 8.18. The molecule has 37 heavy (non-hydrogen) atoms. The van der Waals surface area contributed by atoms with Crippen molar-refractivity contribution in [2.75, 3.05) is 24.6 Å².